The molecule has 266 valence electrons. The Balaban J connectivity index is 0.00000400. The summed E-state index contributed by atoms with van der Waals surface area (Å²) in [4.78, 5) is 6.96. The van der Waals surface area contributed by atoms with Crippen LogP contribution in [0, 0.1) is 32.3 Å². The van der Waals surface area contributed by atoms with Gasteiger partial charge in [-0.2, -0.15) is 6.07 Å². The van der Waals surface area contributed by atoms with Crippen LogP contribution < -0.4 is 24.2 Å². The van der Waals surface area contributed by atoms with E-state index in [9.17, 15) is 0 Å². The number of fused-ring (bicyclic) bond motifs is 3. The number of hydrogen-bond donors (Lipinski definition) is 0. The Bertz CT molecular complexity index is 2520. The topological polar surface area (TPSA) is 43.4 Å². The predicted octanol–water partition coefficient (Wildman–Crippen LogP) is 8.97. The second-order valence-corrected chi connectivity index (χ2v) is 15.4. The second kappa shape index (κ2) is 12.8. The van der Waals surface area contributed by atoms with Gasteiger partial charge in [0.15, 0.2) is 5.82 Å². The molecule has 5 aromatic carbocycles. The Hall–Kier alpha value is -5.13. The van der Waals surface area contributed by atoms with Gasteiger partial charge in [-0.1, -0.05) is 106 Å². The average Bonchev–Trinajstić information content (AvgIpc) is 3.70. The van der Waals surface area contributed by atoms with Crippen molar-refractivity contribution in [3.63, 3.8) is 0 Å². The quantitative estimate of drug-likeness (QED) is 0.0985. The molecule has 0 unspecified atom stereocenters. The fourth-order valence-electron chi connectivity index (χ4n) is 7.79. The Morgan fingerprint density at radius 3 is 2.32 bits per heavy atom. The Kier molecular flexibility index (Phi) is 8.42. The van der Waals surface area contributed by atoms with E-state index in [1.807, 2.05) is 30.5 Å². The number of hydrogen-bond acceptors (Lipinski definition) is 4. The number of benzene rings is 5. The van der Waals surface area contributed by atoms with Gasteiger partial charge in [-0.15, -0.1) is 41.5 Å². The van der Waals surface area contributed by atoms with Crippen molar-refractivity contribution in [2.45, 2.75) is 59.3 Å². The summed E-state index contributed by atoms with van der Waals surface area (Å²) in [6.07, 6.45) is 5.47. The third-order valence-corrected chi connectivity index (χ3v) is 10.6. The molecule has 4 heterocycles. The van der Waals surface area contributed by atoms with Crippen LogP contribution in [0.3, 0.4) is 0 Å². The molecule has 0 atom stereocenters. The fourth-order valence-corrected chi connectivity index (χ4v) is 7.79. The van der Waals surface area contributed by atoms with Crippen molar-refractivity contribution in [1.82, 2.24) is 9.55 Å². The largest absolute Gasteiger partial charge is 0.535 e. The first-order valence-electron chi connectivity index (χ1n) is 17.8. The third kappa shape index (κ3) is 5.68. The van der Waals surface area contributed by atoms with Crippen molar-refractivity contribution < 1.29 is 35.0 Å². The van der Waals surface area contributed by atoms with Gasteiger partial charge in [0, 0.05) is 38.8 Å². The van der Waals surface area contributed by atoms with Gasteiger partial charge in [0.05, 0.1) is 16.7 Å². The molecule has 0 spiro atoms. The Morgan fingerprint density at radius 2 is 1.57 bits per heavy atom. The number of rotatable bonds is 5. The van der Waals surface area contributed by atoms with Gasteiger partial charge in [-0.25, -0.2) is 4.98 Å². The number of para-hydroxylation sites is 2. The van der Waals surface area contributed by atoms with E-state index in [1.54, 1.807) is 0 Å². The molecule has 0 N–H and O–H groups in total. The number of anilines is 2. The first kappa shape index (κ1) is 34.9. The van der Waals surface area contributed by atoms with Crippen LogP contribution in [0.1, 0.15) is 62.4 Å². The summed E-state index contributed by atoms with van der Waals surface area (Å²) in [5, 5.41) is 0. The molecule has 2 aliphatic heterocycles. The van der Waals surface area contributed by atoms with Gasteiger partial charge in [0.1, 0.15) is 5.75 Å². The van der Waals surface area contributed by atoms with E-state index in [1.165, 1.54) is 5.56 Å². The maximum Gasteiger partial charge on any atom is 0.524 e. The minimum Gasteiger partial charge on any atom is -0.535 e. The van der Waals surface area contributed by atoms with E-state index in [4.69, 9.17) is 14.4 Å². The second-order valence-electron chi connectivity index (χ2n) is 15.4. The smallest absolute Gasteiger partial charge is 0.524 e. The zero-order chi connectivity index (χ0) is 35.9. The Labute approximate surface area is 326 Å². The molecule has 6 nitrogen and oxygen atoms in total. The SMILES string of the molecule is Cc1cccc(C)c1B1Oc2cccnc2N1c1[c-]c(Oc2[c-]c3c(cc2)C(C)(C)c2cccc4c2n-3[c-][n+]4-c2ccccc2)cc(C(C)(C)C)c1.[Pt]. The molecule has 0 radical (unpaired) electrons. The summed E-state index contributed by atoms with van der Waals surface area (Å²) >= 11 is 0. The minimum atomic E-state index is -0.411. The monoisotopic (exact) mass is 873 g/mol. The minimum absolute atomic E-state index is 0. The van der Waals surface area contributed by atoms with Crippen molar-refractivity contribution in [3.8, 4) is 28.6 Å². The molecular weight excluding hydrogens is 834 g/mol. The zero-order valence-corrected chi connectivity index (χ0v) is 33.2. The number of nitrogens with zero attached hydrogens (tertiary/aromatic N) is 4. The third-order valence-electron chi connectivity index (χ3n) is 10.6. The first-order valence-corrected chi connectivity index (χ1v) is 17.8. The van der Waals surface area contributed by atoms with Crippen LogP contribution >= 0.6 is 0 Å². The van der Waals surface area contributed by atoms with Crippen molar-refractivity contribution >= 4 is 35.1 Å². The van der Waals surface area contributed by atoms with Crippen molar-refractivity contribution in [1.29, 1.82) is 0 Å². The number of imidazole rings is 1. The van der Waals surface area contributed by atoms with Crippen molar-refractivity contribution in [2.24, 2.45) is 0 Å². The molecule has 0 aliphatic carbocycles. The molecule has 8 heteroatoms. The summed E-state index contributed by atoms with van der Waals surface area (Å²) in [6, 6.07) is 42.9. The van der Waals surface area contributed by atoms with E-state index in [-0.39, 0.29) is 31.9 Å². The number of aromatic nitrogens is 3. The first-order chi connectivity index (χ1) is 25.0. The van der Waals surface area contributed by atoms with E-state index < -0.39 is 7.05 Å². The van der Waals surface area contributed by atoms with Crippen LogP contribution in [0.25, 0.3) is 22.4 Å². The molecular formula is C45H39BN4O2Pt-2. The summed E-state index contributed by atoms with van der Waals surface area (Å²) in [5.41, 5.74) is 11.5. The molecule has 7 aromatic rings. The van der Waals surface area contributed by atoms with Gasteiger partial charge in [0.25, 0.3) is 6.33 Å². The molecule has 0 saturated carbocycles. The van der Waals surface area contributed by atoms with Gasteiger partial charge in [-0.3, -0.25) is 4.57 Å². The van der Waals surface area contributed by atoms with Gasteiger partial charge < -0.3 is 18.8 Å². The van der Waals surface area contributed by atoms with Gasteiger partial charge in [-0.05, 0) is 65.7 Å². The van der Waals surface area contributed by atoms with E-state index >= 15 is 0 Å². The summed E-state index contributed by atoms with van der Waals surface area (Å²) in [6.45, 7) is 15.5. The zero-order valence-electron chi connectivity index (χ0n) is 30.9. The number of pyridine rings is 1. The summed E-state index contributed by atoms with van der Waals surface area (Å²) in [5.74, 6) is 2.69. The fraction of sp³-hybridized carbons (Fsp3) is 0.200. The standard InChI is InChI=1S/C45H39BN4O2.Pt/c1-29-14-11-15-30(2)41(29)46-50(43-40(52-46)20-13-23-47-43)33-24-31(44(3,4)5)25-35(26-33)51-34-21-22-36-39(27-34)49-28-48(32-16-9-8-10-17-32)38-19-12-18-37(42(38)49)45(36,6)7;/h8-25H,1-7H3;/q-2;. The maximum atomic E-state index is 6.77. The summed E-state index contributed by atoms with van der Waals surface area (Å²) < 4.78 is 17.7. The van der Waals surface area contributed by atoms with E-state index in [0.29, 0.717) is 11.5 Å². The maximum absolute atomic E-state index is 6.77. The predicted molar refractivity (Wildman–Crippen MR) is 207 cm³/mol. The average molecular weight is 874 g/mol. The van der Waals surface area contributed by atoms with Crippen LogP contribution in [-0.4, -0.2) is 16.6 Å². The van der Waals surface area contributed by atoms with Crippen LogP contribution in [0.15, 0.2) is 109 Å². The molecule has 9 rings (SSSR count). The van der Waals surface area contributed by atoms with Gasteiger partial charge >= 0.3 is 7.05 Å². The van der Waals surface area contributed by atoms with Crippen LogP contribution in [-0.2, 0) is 31.9 Å². The van der Waals surface area contributed by atoms with Crippen LogP contribution in [0.2, 0.25) is 0 Å². The molecule has 0 amide bonds. The molecule has 2 aromatic heterocycles. The molecule has 53 heavy (non-hydrogen) atoms. The van der Waals surface area contributed by atoms with Crippen molar-refractivity contribution in [3.05, 3.63) is 156 Å². The van der Waals surface area contributed by atoms with Gasteiger partial charge in [0.2, 0.25) is 0 Å². The van der Waals surface area contributed by atoms with Crippen molar-refractivity contribution in [2.75, 3.05) is 4.81 Å². The number of aryl methyl sites for hydroxylation is 2. The number of ether oxygens (including phenoxy) is 1. The molecule has 0 bridgehead atoms. The normalized spacial score (nSPS) is 14.0. The molecule has 2 aliphatic rings. The van der Waals surface area contributed by atoms with E-state index in [2.05, 4.69) is 160 Å². The van der Waals surface area contributed by atoms with Crippen LogP contribution in [0.5, 0.6) is 17.2 Å². The molecule has 0 fully saturated rings. The summed E-state index contributed by atoms with van der Waals surface area (Å²) in [7, 11) is -0.411. The Morgan fingerprint density at radius 1 is 0.811 bits per heavy atom. The van der Waals surface area contributed by atoms with Crippen LogP contribution in [0.4, 0.5) is 11.5 Å². The molecule has 0 saturated heterocycles. The van der Waals surface area contributed by atoms with E-state index in [0.717, 1.165) is 67.4 Å².